The normalized spacial score (nSPS) is 10.5. The van der Waals surface area contributed by atoms with Gasteiger partial charge in [0.05, 0.1) is 25.0 Å². The van der Waals surface area contributed by atoms with E-state index >= 15 is 0 Å². The maximum atomic E-state index is 11.8. The third-order valence-corrected chi connectivity index (χ3v) is 2.87. The molecular weight excluding hydrogens is 294 g/mol. The summed E-state index contributed by atoms with van der Waals surface area (Å²) in [4.78, 5) is 15.7. The number of aromatic nitrogens is 1. The monoisotopic (exact) mass is 313 g/mol. The Bertz CT molecular complexity index is 672. The fourth-order valence-corrected chi connectivity index (χ4v) is 1.88. The summed E-state index contributed by atoms with van der Waals surface area (Å²) >= 11 is 0. The van der Waals surface area contributed by atoms with Gasteiger partial charge >= 0.3 is 0 Å². The van der Waals surface area contributed by atoms with Crippen LogP contribution >= 0.6 is 0 Å². The standard InChI is InChI=1S/C17H19N3O3/c1-3-22-15-8-7-13(10-16(15)23-4-2)11-19-20-17(21)14-6-5-9-18-12-14/h5-12H,3-4H2,1-2H3,(H,20,21). The molecule has 23 heavy (non-hydrogen) atoms. The lowest BCUT2D eigenvalue weighted by Crippen LogP contribution is -2.17. The molecule has 6 heteroatoms. The lowest BCUT2D eigenvalue weighted by molar-refractivity contribution is 0.0955. The second-order valence-electron chi connectivity index (χ2n) is 4.51. The molecule has 0 aliphatic rings. The number of amides is 1. The predicted octanol–water partition coefficient (Wildman–Crippen LogP) is 2.64. The van der Waals surface area contributed by atoms with Crippen LogP contribution in [0.15, 0.2) is 47.8 Å². The molecule has 0 aliphatic heterocycles. The highest BCUT2D eigenvalue weighted by atomic mass is 16.5. The molecule has 0 radical (unpaired) electrons. The molecule has 120 valence electrons. The molecule has 2 rings (SSSR count). The minimum atomic E-state index is -0.315. The van der Waals surface area contributed by atoms with Crippen molar-refractivity contribution in [2.45, 2.75) is 13.8 Å². The zero-order chi connectivity index (χ0) is 16.5. The van der Waals surface area contributed by atoms with Crippen molar-refractivity contribution in [3.63, 3.8) is 0 Å². The minimum absolute atomic E-state index is 0.315. The van der Waals surface area contributed by atoms with Gasteiger partial charge in [0.1, 0.15) is 0 Å². The summed E-state index contributed by atoms with van der Waals surface area (Å²) in [5.41, 5.74) is 3.70. The maximum absolute atomic E-state index is 11.8. The Hall–Kier alpha value is -2.89. The number of hydrazone groups is 1. The van der Waals surface area contributed by atoms with Crippen LogP contribution in [0.3, 0.4) is 0 Å². The zero-order valence-corrected chi connectivity index (χ0v) is 13.2. The SMILES string of the molecule is CCOc1ccc(C=NNC(=O)c2cccnc2)cc1OCC. The van der Waals surface area contributed by atoms with Gasteiger partial charge in [0, 0.05) is 12.4 Å². The van der Waals surface area contributed by atoms with Gasteiger partial charge in [-0.25, -0.2) is 5.43 Å². The molecule has 1 heterocycles. The largest absolute Gasteiger partial charge is 0.490 e. The molecule has 0 spiro atoms. The number of nitrogens with one attached hydrogen (secondary N) is 1. The first-order valence-electron chi connectivity index (χ1n) is 7.37. The number of carbonyl (C=O) groups is 1. The van der Waals surface area contributed by atoms with E-state index in [0.717, 1.165) is 5.56 Å². The molecule has 1 N–H and O–H groups in total. The summed E-state index contributed by atoms with van der Waals surface area (Å²) in [6.07, 6.45) is 4.64. The molecule has 1 amide bonds. The fraction of sp³-hybridized carbons (Fsp3) is 0.235. The number of hydrogen-bond donors (Lipinski definition) is 1. The molecule has 0 fully saturated rings. The molecule has 6 nitrogen and oxygen atoms in total. The Kier molecular flexibility index (Phi) is 6.11. The Morgan fingerprint density at radius 3 is 2.70 bits per heavy atom. The average Bonchev–Trinajstić information content (AvgIpc) is 2.58. The second kappa shape index (κ2) is 8.53. The number of carbonyl (C=O) groups excluding carboxylic acids is 1. The lowest BCUT2D eigenvalue weighted by Gasteiger charge is -2.11. The number of ether oxygens (including phenoxy) is 2. The van der Waals surface area contributed by atoms with Gasteiger partial charge in [-0.3, -0.25) is 9.78 Å². The summed E-state index contributed by atoms with van der Waals surface area (Å²) in [5.74, 6) is 1.02. The summed E-state index contributed by atoms with van der Waals surface area (Å²) in [5, 5.41) is 3.95. The molecule has 1 aromatic heterocycles. The fourth-order valence-electron chi connectivity index (χ4n) is 1.88. The van der Waals surface area contributed by atoms with E-state index in [1.54, 1.807) is 24.5 Å². The quantitative estimate of drug-likeness (QED) is 0.630. The molecular formula is C17H19N3O3. The number of nitrogens with zero attached hydrogens (tertiary/aromatic N) is 2. The summed E-state index contributed by atoms with van der Waals surface area (Å²) < 4.78 is 11.0. The van der Waals surface area contributed by atoms with Crippen molar-refractivity contribution >= 4 is 12.1 Å². The van der Waals surface area contributed by atoms with Crippen LogP contribution in [0.1, 0.15) is 29.8 Å². The third-order valence-electron chi connectivity index (χ3n) is 2.87. The van der Waals surface area contributed by atoms with Crippen molar-refractivity contribution in [1.82, 2.24) is 10.4 Å². The predicted molar refractivity (Wildman–Crippen MR) is 88.1 cm³/mol. The molecule has 2 aromatic rings. The van der Waals surface area contributed by atoms with Gasteiger partial charge in [0.15, 0.2) is 11.5 Å². The first-order valence-corrected chi connectivity index (χ1v) is 7.37. The van der Waals surface area contributed by atoms with Gasteiger partial charge in [-0.2, -0.15) is 5.10 Å². The van der Waals surface area contributed by atoms with Crippen molar-refractivity contribution < 1.29 is 14.3 Å². The van der Waals surface area contributed by atoms with Crippen LogP contribution in [-0.2, 0) is 0 Å². The average molecular weight is 313 g/mol. The molecule has 0 unspecified atom stereocenters. The topological polar surface area (TPSA) is 72.8 Å². The molecule has 0 saturated carbocycles. The van der Waals surface area contributed by atoms with Crippen molar-refractivity contribution in [3.05, 3.63) is 53.9 Å². The van der Waals surface area contributed by atoms with Crippen molar-refractivity contribution in [2.24, 2.45) is 5.10 Å². The molecule has 0 bridgehead atoms. The molecule has 0 aliphatic carbocycles. The molecule has 0 saturated heterocycles. The smallest absolute Gasteiger partial charge is 0.272 e. The number of rotatable bonds is 7. The van der Waals surface area contributed by atoms with Crippen molar-refractivity contribution in [1.29, 1.82) is 0 Å². The van der Waals surface area contributed by atoms with E-state index in [9.17, 15) is 4.79 Å². The van der Waals surface area contributed by atoms with Crippen LogP contribution in [0.5, 0.6) is 11.5 Å². The zero-order valence-electron chi connectivity index (χ0n) is 13.2. The summed E-state index contributed by atoms with van der Waals surface area (Å²) in [7, 11) is 0. The lowest BCUT2D eigenvalue weighted by atomic mass is 10.2. The first kappa shape index (κ1) is 16.5. The highest BCUT2D eigenvalue weighted by molar-refractivity contribution is 5.94. The number of benzene rings is 1. The van der Waals surface area contributed by atoms with Gasteiger partial charge in [-0.05, 0) is 49.7 Å². The van der Waals surface area contributed by atoms with Crippen LogP contribution in [0.25, 0.3) is 0 Å². The van der Waals surface area contributed by atoms with Crippen LogP contribution in [0.2, 0.25) is 0 Å². The molecule has 1 aromatic carbocycles. The second-order valence-corrected chi connectivity index (χ2v) is 4.51. The van der Waals surface area contributed by atoms with Crippen LogP contribution in [-0.4, -0.2) is 30.3 Å². The van der Waals surface area contributed by atoms with E-state index in [-0.39, 0.29) is 5.91 Å². The molecule has 0 atom stereocenters. The van der Waals surface area contributed by atoms with Gasteiger partial charge < -0.3 is 9.47 Å². The van der Waals surface area contributed by atoms with Gasteiger partial charge in [-0.15, -0.1) is 0 Å². The summed E-state index contributed by atoms with van der Waals surface area (Å²) in [6.45, 7) is 4.93. The van der Waals surface area contributed by atoms with Crippen LogP contribution in [0, 0.1) is 0 Å². The Balaban J connectivity index is 2.04. The van der Waals surface area contributed by atoms with Crippen molar-refractivity contribution in [2.75, 3.05) is 13.2 Å². The highest BCUT2D eigenvalue weighted by Gasteiger charge is 2.06. The first-order chi connectivity index (χ1) is 11.2. The van der Waals surface area contributed by atoms with E-state index < -0.39 is 0 Å². The Labute approximate surface area is 135 Å². The van der Waals surface area contributed by atoms with E-state index in [0.29, 0.717) is 30.3 Å². The van der Waals surface area contributed by atoms with Crippen LogP contribution < -0.4 is 14.9 Å². The van der Waals surface area contributed by atoms with Crippen LogP contribution in [0.4, 0.5) is 0 Å². The maximum Gasteiger partial charge on any atom is 0.272 e. The number of pyridine rings is 1. The highest BCUT2D eigenvalue weighted by Crippen LogP contribution is 2.27. The van der Waals surface area contributed by atoms with Gasteiger partial charge in [0.2, 0.25) is 0 Å². The van der Waals surface area contributed by atoms with Crippen molar-refractivity contribution in [3.8, 4) is 11.5 Å². The van der Waals surface area contributed by atoms with E-state index in [2.05, 4.69) is 15.5 Å². The van der Waals surface area contributed by atoms with E-state index in [1.165, 1.54) is 6.20 Å². The number of hydrogen-bond acceptors (Lipinski definition) is 5. The van der Waals surface area contributed by atoms with Gasteiger partial charge in [0.25, 0.3) is 5.91 Å². The van der Waals surface area contributed by atoms with E-state index in [1.807, 2.05) is 32.0 Å². The van der Waals surface area contributed by atoms with Gasteiger partial charge in [-0.1, -0.05) is 0 Å². The third kappa shape index (κ3) is 4.81. The Morgan fingerprint density at radius 2 is 2.00 bits per heavy atom. The Morgan fingerprint density at radius 1 is 1.22 bits per heavy atom. The minimum Gasteiger partial charge on any atom is -0.490 e. The summed E-state index contributed by atoms with van der Waals surface area (Å²) in [6, 6.07) is 8.83. The van der Waals surface area contributed by atoms with E-state index in [4.69, 9.17) is 9.47 Å².